The van der Waals surface area contributed by atoms with E-state index in [1.807, 2.05) is 98.8 Å². The van der Waals surface area contributed by atoms with Crippen LogP contribution < -0.4 is 24.8 Å². The molecule has 6 aromatic rings. The van der Waals surface area contributed by atoms with Crippen molar-refractivity contribution in [3.8, 4) is 23.0 Å². The van der Waals surface area contributed by atoms with E-state index in [0.29, 0.717) is 25.7 Å². The number of aromatic nitrogens is 2. The van der Waals surface area contributed by atoms with E-state index in [1.54, 1.807) is 13.8 Å². The summed E-state index contributed by atoms with van der Waals surface area (Å²) in [6, 6.07) is 41.2. The third-order valence-electron chi connectivity index (χ3n) is 14.1. The molecule has 0 saturated carbocycles. The number of rotatable bonds is 18. The SMILES string of the molecule is COc1ccnc(C(=O)N[C@H]2CCO[C@H](Cc3ccccc3)[C@@H](Cc3ccccc3)[C@H](C)OC2=O)c1O.COc1ccnc(C(=O)N[C@H]2CCO[C@H](Cc3ccccc3)[C@@H](Cc3ccccc3)[C@H](C)OC2=O)c1OCOC(=O)C(C)C. The predicted molar refractivity (Wildman–Crippen MR) is 300 cm³/mol. The highest BCUT2D eigenvalue weighted by molar-refractivity contribution is 5.98. The van der Waals surface area contributed by atoms with Crippen molar-refractivity contribution < 1.29 is 67.0 Å². The van der Waals surface area contributed by atoms with Gasteiger partial charge in [-0.05, 0) is 61.8 Å². The molecule has 0 aliphatic carbocycles. The molecule has 0 bridgehead atoms. The molecule has 0 radical (unpaired) electrons. The van der Waals surface area contributed by atoms with E-state index < -0.39 is 66.6 Å². The van der Waals surface area contributed by atoms with E-state index in [-0.39, 0.29) is 84.7 Å². The lowest BCUT2D eigenvalue weighted by Crippen LogP contribution is -2.44. The molecular weight excluding hydrogens is 1040 g/mol. The lowest BCUT2D eigenvalue weighted by atomic mass is 9.86. The van der Waals surface area contributed by atoms with Gasteiger partial charge in [-0.25, -0.2) is 19.6 Å². The number of esters is 3. The number of ether oxygens (including phenoxy) is 8. The van der Waals surface area contributed by atoms with Gasteiger partial charge in [0.25, 0.3) is 11.8 Å². The zero-order valence-electron chi connectivity index (χ0n) is 46.6. The Morgan fingerprint density at radius 3 is 1.40 bits per heavy atom. The Kier molecular flexibility index (Phi) is 22.6. The van der Waals surface area contributed by atoms with E-state index in [2.05, 4.69) is 57.0 Å². The average molecular weight is 1110 g/mol. The first kappa shape index (κ1) is 60.3. The first-order valence-corrected chi connectivity index (χ1v) is 27.2. The zero-order chi connectivity index (χ0) is 57.7. The topological polar surface area (TPSA) is 229 Å². The van der Waals surface area contributed by atoms with Gasteiger partial charge in [-0.3, -0.25) is 14.4 Å². The number of hydrogen-bond acceptors (Lipinski definition) is 16. The average Bonchev–Trinajstić information content (AvgIpc) is 3.59. The van der Waals surface area contributed by atoms with Crippen molar-refractivity contribution in [2.45, 2.75) is 103 Å². The Hall–Kier alpha value is -8.35. The number of pyridine rings is 2. The molecule has 2 amide bonds. The number of amides is 2. The largest absolute Gasteiger partial charge is 0.503 e. The molecule has 2 aliphatic rings. The molecular formula is C63H72N4O14. The smallest absolute Gasteiger partial charge is 0.329 e. The van der Waals surface area contributed by atoms with Gasteiger partial charge in [-0.2, -0.15) is 0 Å². The second-order valence-corrected chi connectivity index (χ2v) is 20.1. The molecule has 0 spiro atoms. The summed E-state index contributed by atoms with van der Waals surface area (Å²) in [6.07, 6.45) is 4.36. The fourth-order valence-corrected chi connectivity index (χ4v) is 9.64. The monoisotopic (exact) mass is 1110 g/mol. The van der Waals surface area contributed by atoms with Crippen molar-refractivity contribution in [2.24, 2.45) is 17.8 Å². The van der Waals surface area contributed by atoms with Gasteiger partial charge in [-0.1, -0.05) is 135 Å². The minimum atomic E-state index is -1.00. The molecule has 18 nitrogen and oxygen atoms in total. The van der Waals surface area contributed by atoms with Gasteiger partial charge < -0.3 is 53.6 Å². The highest BCUT2D eigenvalue weighted by Crippen LogP contribution is 2.32. The van der Waals surface area contributed by atoms with Crippen LogP contribution in [-0.4, -0.2) is 116 Å². The summed E-state index contributed by atoms with van der Waals surface area (Å²) >= 11 is 0. The van der Waals surface area contributed by atoms with Crippen LogP contribution in [0.25, 0.3) is 0 Å². The van der Waals surface area contributed by atoms with Crippen LogP contribution in [0.3, 0.4) is 0 Å². The highest BCUT2D eigenvalue weighted by Gasteiger charge is 2.38. The summed E-state index contributed by atoms with van der Waals surface area (Å²) in [6.45, 7) is 7.14. The molecule has 2 saturated heterocycles. The van der Waals surface area contributed by atoms with Crippen LogP contribution in [0, 0.1) is 17.8 Å². The van der Waals surface area contributed by atoms with Crippen LogP contribution in [0.5, 0.6) is 23.0 Å². The van der Waals surface area contributed by atoms with Gasteiger partial charge in [0, 0.05) is 62.4 Å². The molecule has 4 heterocycles. The lowest BCUT2D eigenvalue weighted by Gasteiger charge is -2.31. The molecule has 8 atom stereocenters. The number of benzene rings is 4. The van der Waals surface area contributed by atoms with Crippen LogP contribution >= 0.6 is 0 Å². The Bertz CT molecular complexity index is 2970. The second-order valence-electron chi connectivity index (χ2n) is 20.1. The number of nitrogens with one attached hydrogen (secondary N) is 2. The van der Waals surface area contributed by atoms with E-state index in [1.165, 1.54) is 38.7 Å². The van der Waals surface area contributed by atoms with Gasteiger partial charge in [0.2, 0.25) is 6.79 Å². The Balaban J connectivity index is 0.000000237. The first-order chi connectivity index (χ1) is 39.2. The summed E-state index contributed by atoms with van der Waals surface area (Å²) in [5.41, 5.74) is 4.13. The van der Waals surface area contributed by atoms with E-state index in [0.717, 1.165) is 22.3 Å². The number of carbonyl (C=O) groups is 5. The summed E-state index contributed by atoms with van der Waals surface area (Å²) in [5, 5.41) is 15.7. The minimum Gasteiger partial charge on any atom is -0.503 e. The van der Waals surface area contributed by atoms with Gasteiger partial charge in [0.15, 0.2) is 34.4 Å². The molecule has 8 rings (SSSR count). The van der Waals surface area contributed by atoms with Crippen LogP contribution in [0.2, 0.25) is 0 Å². The van der Waals surface area contributed by atoms with Crippen LogP contribution in [0.1, 0.15) is 83.8 Å². The molecule has 2 fully saturated rings. The number of carbonyl (C=O) groups excluding carboxylic acids is 5. The van der Waals surface area contributed by atoms with Crippen molar-refractivity contribution >= 4 is 29.7 Å². The zero-order valence-corrected chi connectivity index (χ0v) is 46.6. The summed E-state index contributed by atoms with van der Waals surface area (Å²) in [5.74, 6) is -3.63. The molecule has 4 aromatic carbocycles. The van der Waals surface area contributed by atoms with Gasteiger partial charge in [0.05, 0.1) is 32.3 Å². The van der Waals surface area contributed by atoms with Crippen LogP contribution in [0.15, 0.2) is 146 Å². The fourth-order valence-electron chi connectivity index (χ4n) is 9.64. The van der Waals surface area contributed by atoms with Crippen molar-refractivity contribution in [2.75, 3.05) is 34.2 Å². The van der Waals surface area contributed by atoms with Crippen LogP contribution in [-0.2, 0) is 63.8 Å². The number of aromatic hydroxyl groups is 1. The molecule has 2 aromatic heterocycles. The lowest BCUT2D eigenvalue weighted by molar-refractivity contribution is -0.155. The second kappa shape index (κ2) is 30.3. The third kappa shape index (κ3) is 17.3. The van der Waals surface area contributed by atoms with E-state index in [9.17, 15) is 29.1 Å². The van der Waals surface area contributed by atoms with Crippen LogP contribution in [0.4, 0.5) is 0 Å². The Morgan fingerprint density at radius 2 is 0.975 bits per heavy atom. The molecule has 18 heteroatoms. The minimum absolute atomic E-state index is 0.0176. The molecule has 0 unspecified atom stereocenters. The van der Waals surface area contributed by atoms with Gasteiger partial charge in [0.1, 0.15) is 24.3 Å². The Labute approximate surface area is 472 Å². The van der Waals surface area contributed by atoms with Crippen molar-refractivity contribution in [1.82, 2.24) is 20.6 Å². The summed E-state index contributed by atoms with van der Waals surface area (Å²) < 4.78 is 45.8. The standard InChI is InChI=1S/C34H40N2O8.C29H32N2O6/c1-22(2)33(38)43-21-42-31-28(40-4)15-17-35-30(31)32(37)36-27-16-18-41-29(20-25-13-9-6-10-14-25)26(23(3)44-34(27)39)19-24-11-7-5-8-12-24;1-19-22(17-20-9-5-3-6-10-20)25(18-21-11-7-4-8-12-21)36-16-14-23(29(34)37-19)31-28(33)26-27(32)24(35-2)13-15-30-26/h5-15,17,22-23,26-27,29H,16,18-21H2,1-4H3,(H,36,37);3-13,15,19,22-23,25,32H,14,16-18H2,1-2H3,(H,31,33)/t23-,26-,27-,29+;19-,22-,23-,25+/m00/s1. The van der Waals surface area contributed by atoms with Crippen molar-refractivity contribution in [3.63, 3.8) is 0 Å². The molecule has 2 aliphatic heterocycles. The maximum Gasteiger partial charge on any atom is 0.329 e. The van der Waals surface area contributed by atoms with E-state index >= 15 is 0 Å². The molecule has 428 valence electrons. The maximum absolute atomic E-state index is 13.5. The Morgan fingerprint density at radius 1 is 0.580 bits per heavy atom. The number of methoxy groups -OCH3 is 2. The fraction of sp³-hybridized carbons (Fsp3) is 0.381. The van der Waals surface area contributed by atoms with Crippen molar-refractivity contribution in [3.05, 3.63) is 179 Å². The summed E-state index contributed by atoms with van der Waals surface area (Å²) in [7, 11) is 2.79. The molecule has 81 heavy (non-hydrogen) atoms. The van der Waals surface area contributed by atoms with Crippen molar-refractivity contribution in [1.29, 1.82) is 0 Å². The normalized spacial score (nSPS) is 21.2. The first-order valence-electron chi connectivity index (χ1n) is 27.2. The quantitative estimate of drug-likeness (QED) is 0.0418. The van der Waals surface area contributed by atoms with E-state index in [4.69, 9.17) is 37.9 Å². The molecule has 3 N–H and O–H groups in total. The number of cyclic esters (lactones) is 2. The third-order valence-corrected chi connectivity index (χ3v) is 14.1. The summed E-state index contributed by atoms with van der Waals surface area (Å²) in [4.78, 5) is 73.0. The highest BCUT2D eigenvalue weighted by atomic mass is 16.7. The predicted octanol–water partition coefficient (Wildman–Crippen LogP) is 8.26. The maximum atomic E-state index is 13.5. The van der Waals surface area contributed by atoms with Gasteiger partial charge in [-0.15, -0.1) is 0 Å². The van der Waals surface area contributed by atoms with Gasteiger partial charge >= 0.3 is 17.9 Å². The number of nitrogens with zero attached hydrogens (tertiary/aromatic N) is 2. The number of hydrogen-bond donors (Lipinski definition) is 3.